The zero-order valence-corrected chi connectivity index (χ0v) is 5.04. The molecule has 0 bridgehead atoms. The second kappa shape index (κ2) is 2.46. The second-order valence-corrected chi connectivity index (χ2v) is 1.78. The van der Waals surface area contributed by atoms with Crippen molar-refractivity contribution >= 4 is 5.69 Å². The molecule has 3 nitrogen and oxygen atoms in total. The fourth-order valence-electron chi connectivity index (χ4n) is 0.608. The summed E-state index contributed by atoms with van der Waals surface area (Å²) in [6.45, 7) is 0.458. The molecule has 3 heteroatoms. The second-order valence-electron chi connectivity index (χ2n) is 1.78. The molecular weight excluding hydrogens is 114 g/mol. The summed E-state index contributed by atoms with van der Waals surface area (Å²) in [4.78, 5) is 3.86. The smallest absolute Gasteiger partial charge is 0.0390 e. The topological polar surface area (TPSA) is 64.9 Å². The molecule has 1 heterocycles. The molecule has 0 aliphatic rings. The number of hydrogen-bond acceptors (Lipinski definition) is 3. The predicted molar refractivity (Wildman–Crippen MR) is 36.5 cm³/mol. The molecule has 0 aliphatic carbocycles. The van der Waals surface area contributed by atoms with Crippen molar-refractivity contribution in [3.8, 4) is 0 Å². The van der Waals surface area contributed by atoms with Crippen molar-refractivity contribution in [1.29, 1.82) is 0 Å². The molecule has 0 aliphatic heterocycles. The molecule has 0 atom stereocenters. The standard InChI is InChI=1S/C6H9N3/c7-3-5-4-9-2-1-6(5)8/h1-2,4H,3,7H2,(H2,8,9). The Morgan fingerprint density at radius 1 is 1.56 bits per heavy atom. The van der Waals surface area contributed by atoms with Gasteiger partial charge in [0.05, 0.1) is 0 Å². The van der Waals surface area contributed by atoms with Crippen LogP contribution in [-0.4, -0.2) is 4.98 Å². The van der Waals surface area contributed by atoms with E-state index in [1.54, 1.807) is 18.5 Å². The summed E-state index contributed by atoms with van der Waals surface area (Å²) in [6, 6.07) is 1.74. The molecule has 0 aromatic carbocycles. The fourth-order valence-corrected chi connectivity index (χ4v) is 0.608. The van der Waals surface area contributed by atoms with E-state index in [4.69, 9.17) is 11.5 Å². The van der Waals surface area contributed by atoms with Crippen LogP contribution in [0.5, 0.6) is 0 Å². The normalized spacial score (nSPS) is 9.44. The van der Waals surface area contributed by atoms with E-state index in [-0.39, 0.29) is 0 Å². The van der Waals surface area contributed by atoms with Gasteiger partial charge in [0.15, 0.2) is 0 Å². The maximum Gasteiger partial charge on any atom is 0.0390 e. The molecule has 0 radical (unpaired) electrons. The highest BCUT2D eigenvalue weighted by Gasteiger charge is 1.91. The summed E-state index contributed by atoms with van der Waals surface area (Å²) < 4.78 is 0. The molecule has 0 spiro atoms. The van der Waals surface area contributed by atoms with Crippen LogP contribution in [0.3, 0.4) is 0 Å². The van der Waals surface area contributed by atoms with E-state index in [1.807, 2.05) is 0 Å². The average molecular weight is 123 g/mol. The van der Waals surface area contributed by atoms with Crippen LogP contribution in [0.2, 0.25) is 0 Å². The van der Waals surface area contributed by atoms with Crippen molar-refractivity contribution in [3.05, 3.63) is 24.0 Å². The molecule has 1 rings (SSSR count). The molecular formula is C6H9N3. The van der Waals surface area contributed by atoms with Gasteiger partial charge in [-0.25, -0.2) is 0 Å². The van der Waals surface area contributed by atoms with Gasteiger partial charge < -0.3 is 11.5 Å². The van der Waals surface area contributed by atoms with E-state index < -0.39 is 0 Å². The Morgan fingerprint density at radius 3 is 2.78 bits per heavy atom. The Balaban J connectivity index is 3.01. The summed E-state index contributed by atoms with van der Waals surface area (Å²) in [5, 5.41) is 0. The van der Waals surface area contributed by atoms with E-state index in [1.165, 1.54) is 0 Å². The van der Waals surface area contributed by atoms with Crippen LogP contribution in [-0.2, 0) is 6.54 Å². The Hall–Kier alpha value is -1.09. The third-order valence-corrected chi connectivity index (χ3v) is 1.16. The van der Waals surface area contributed by atoms with Crippen LogP contribution in [0.15, 0.2) is 18.5 Å². The highest BCUT2D eigenvalue weighted by molar-refractivity contribution is 5.43. The maximum atomic E-state index is 5.51. The minimum atomic E-state index is 0.458. The lowest BCUT2D eigenvalue weighted by Gasteiger charge is -1.97. The number of nitrogen functional groups attached to an aromatic ring is 1. The molecule has 0 unspecified atom stereocenters. The Kier molecular flexibility index (Phi) is 1.65. The van der Waals surface area contributed by atoms with Crippen LogP contribution >= 0.6 is 0 Å². The molecule has 0 fully saturated rings. The van der Waals surface area contributed by atoms with Crippen LogP contribution in [0, 0.1) is 0 Å². The number of nitrogens with zero attached hydrogens (tertiary/aromatic N) is 1. The summed E-state index contributed by atoms with van der Waals surface area (Å²) in [7, 11) is 0. The summed E-state index contributed by atoms with van der Waals surface area (Å²) in [6.07, 6.45) is 3.32. The molecule has 4 N–H and O–H groups in total. The SMILES string of the molecule is NCc1cnccc1N. The van der Waals surface area contributed by atoms with E-state index in [0.29, 0.717) is 12.2 Å². The van der Waals surface area contributed by atoms with E-state index in [0.717, 1.165) is 5.56 Å². The van der Waals surface area contributed by atoms with Gasteiger partial charge in [0.1, 0.15) is 0 Å². The lowest BCUT2D eigenvalue weighted by Crippen LogP contribution is -2.01. The maximum absolute atomic E-state index is 5.51. The Labute approximate surface area is 53.7 Å². The van der Waals surface area contributed by atoms with E-state index >= 15 is 0 Å². The van der Waals surface area contributed by atoms with Gasteiger partial charge in [0.2, 0.25) is 0 Å². The van der Waals surface area contributed by atoms with E-state index in [2.05, 4.69) is 4.98 Å². The third-order valence-electron chi connectivity index (χ3n) is 1.16. The quantitative estimate of drug-likeness (QED) is 0.557. The zero-order valence-electron chi connectivity index (χ0n) is 5.04. The number of anilines is 1. The number of pyridine rings is 1. The Morgan fingerprint density at radius 2 is 2.33 bits per heavy atom. The Bertz CT molecular complexity index is 197. The third kappa shape index (κ3) is 1.17. The lowest BCUT2D eigenvalue weighted by molar-refractivity contribution is 1.05. The van der Waals surface area contributed by atoms with Crippen molar-refractivity contribution in [2.75, 3.05) is 5.73 Å². The molecule has 0 amide bonds. The van der Waals surface area contributed by atoms with Gasteiger partial charge in [0.25, 0.3) is 0 Å². The fraction of sp³-hybridized carbons (Fsp3) is 0.167. The minimum absolute atomic E-state index is 0.458. The molecule has 1 aromatic rings. The number of hydrogen-bond donors (Lipinski definition) is 2. The molecule has 0 saturated carbocycles. The largest absolute Gasteiger partial charge is 0.398 e. The zero-order chi connectivity index (χ0) is 6.69. The van der Waals surface area contributed by atoms with Gasteiger partial charge >= 0.3 is 0 Å². The van der Waals surface area contributed by atoms with Gasteiger partial charge in [-0.3, -0.25) is 4.98 Å². The van der Waals surface area contributed by atoms with Crippen molar-refractivity contribution in [3.63, 3.8) is 0 Å². The highest BCUT2D eigenvalue weighted by Crippen LogP contribution is 2.05. The van der Waals surface area contributed by atoms with Gasteiger partial charge in [0, 0.05) is 30.2 Å². The molecule has 0 saturated heterocycles. The summed E-state index contributed by atoms with van der Waals surface area (Å²) >= 11 is 0. The van der Waals surface area contributed by atoms with Crippen molar-refractivity contribution in [2.24, 2.45) is 5.73 Å². The predicted octanol–water partition coefficient (Wildman–Crippen LogP) is 0.122. The monoisotopic (exact) mass is 123 g/mol. The molecule has 1 aromatic heterocycles. The summed E-state index contributed by atoms with van der Waals surface area (Å²) in [5.41, 5.74) is 12.5. The summed E-state index contributed by atoms with van der Waals surface area (Å²) in [5.74, 6) is 0. The number of aromatic nitrogens is 1. The lowest BCUT2D eigenvalue weighted by atomic mass is 10.2. The van der Waals surface area contributed by atoms with Crippen LogP contribution in [0.4, 0.5) is 5.69 Å². The first-order chi connectivity index (χ1) is 4.34. The first kappa shape index (κ1) is 6.04. The number of nitrogens with two attached hydrogens (primary N) is 2. The van der Waals surface area contributed by atoms with Gasteiger partial charge in [-0.1, -0.05) is 0 Å². The van der Waals surface area contributed by atoms with Crippen LogP contribution in [0.25, 0.3) is 0 Å². The van der Waals surface area contributed by atoms with Gasteiger partial charge in [-0.05, 0) is 6.07 Å². The van der Waals surface area contributed by atoms with E-state index in [9.17, 15) is 0 Å². The van der Waals surface area contributed by atoms with Crippen LogP contribution in [0.1, 0.15) is 5.56 Å². The van der Waals surface area contributed by atoms with Gasteiger partial charge in [-0.15, -0.1) is 0 Å². The molecule has 9 heavy (non-hydrogen) atoms. The highest BCUT2D eigenvalue weighted by atomic mass is 14.7. The van der Waals surface area contributed by atoms with Gasteiger partial charge in [-0.2, -0.15) is 0 Å². The van der Waals surface area contributed by atoms with Crippen molar-refractivity contribution in [1.82, 2.24) is 4.98 Å². The van der Waals surface area contributed by atoms with Crippen LogP contribution < -0.4 is 11.5 Å². The van der Waals surface area contributed by atoms with Crippen molar-refractivity contribution < 1.29 is 0 Å². The average Bonchev–Trinajstić information content (AvgIpc) is 1.89. The van der Waals surface area contributed by atoms with Crippen molar-refractivity contribution in [2.45, 2.75) is 6.54 Å². The first-order valence-electron chi connectivity index (χ1n) is 2.73. The number of rotatable bonds is 1. The molecule has 48 valence electrons. The first-order valence-corrected chi connectivity index (χ1v) is 2.73. The minimum Gasteiger partial charge on any atom is -0.398 e.